The Bertz CT molecular complexity index is 554. The molecule has 2 amide bonds. The molecular weight excluding hydrogens is 300 g/mol. The van der Waals surface area contributed by atoms with Gasteiger partial charge in [0.05, 0.1) is 11.9 Å². The molecule has 3 heterocycles. The van der Waals surface area contributed by atoms with E-state index in [9.17, 15) is 9.59 Å². The van der Waals surface area contributed by atoms with Gasteiger partial charge >= 0.3 is 0 Å². The molecule has 0 aromatic carbocycles. The van der Waals surface area contributed by atoms with Gasteiger partial charge in [-0.15, -0.1) is 11.8 Å². The summed E-state index contributed by atoms with van der Waals surface area (Å²) in [4.78, 5) is 32.4. The zero-order chi connectivity index (χ0) is 15.5. The number of pyridine rings is 1. The zero-order valence-corrected chi connectivity index (χ0v) is 13.4. The fraction of sp³-hybridized carbons (Fsp3) is 0.533. The Labute approximate surface area is 134 Å². The number of nitrogens with zero attached hydrogens (tertiary/aromatic N) is 3. The Hall–Kier alpha value is -1.60. The summed E-state index contributed by atoms with van der Waals surface area (Å²) in [5.41, 5.74) is 1.03. The monoisotopic (exact) mass is 320 g/mol. The van der Waals surface area contributed by atoms with Crippen LogP contribution in [0.25, 0.3) is 0 Å². The molecule has 2 aliphatic heterocycles. The second-order valence-corrected chi connectivity index (χ2v) is 6.54. The molecule has 2 atom stereocenters. The Kier molecular flexibility index (Phi) is 4.63. The summed E-state index contributed by atoms with van der Waals surface area (Å²) in [5.74, 6) is 1.31. The van der Waals surface area contributed by atoms with Crippen LogP contribution in [0.5, 0.6) is 0 Å². The van der Waals surface area contributed by atoms with Crippen molar-refractivity contribution in [1.82, 2.24) is 20.1 Å². The predicted molar refractivity (Wildman–Crippen MR) is 85.2 cm³/mol. The normalized spacial score (nSPS) is 25.3. The Morgan fingerprint density at radius 2 is 2.27 bits per heavy atom. The average Bonchev–Trinajstić information content (AvgIpc) is 3.05. The van der Waals surface area contributed by atoms with E-state index in [1.165, 1.54) is 6.92 Å². The van der Waals surface area contributed by atoms with E-state index in [1.54, 1.807) is 22.9 Å². The highest BCUT2D eigenvalue weighted by atomic mass is 32.2. The molecule has 1 N–H and O–H groups in total. The highest BCUT2D eigenvalue weighted by Gasteiger charge is 2.39. The number of carbonyl (C=O) groups excluding carboxylic acids is 2. The number of aromatic nitrogens is 1. The summed E-state index contributed by atoms with van der Waals surface area (Å²) in [7, 11) is 0. The SMILES string of the molecule is CC(=O)N1CSCC1C(=O)N1CCNCC1c1cccnc1. The minimum atomic E-state index is -0.334. The maximum Gasteiger partial charge on any atom is 0.246 e. The van der Waals surface area contributed by atoms with Gasteiger partial charge in [-0.25, -0.2) is 0 Å². The van der Waals surface area contributed by atoms with Crippen molar-refractivity contribution in [3.05, 3.63) is 30.1 Å². The third-order valence-corrected chi connectivity index (χ3v) is 5.18. The van der Waals surface area contributed by atoms with Crippen molar-refractivity contribution in [3.8, 4) is 0 Å². The van der Waals surface area contributed by atoms with Gasteiger partial charge in [-0.3, -0.25) is 14.6 Å². The molecule has 0 saturated carbocycles. The standard InChI is InChI=1S/C15H20N4O2S/c1-11(20)19-10-22-9-14(19)15(21)18-6-5-17-8-13(18)12-3-2-4-16-7-12/h2-4,7,13-14,17H,5-6,8-10H2,1H3. The van der Waals surface area contributed by atoms with Gasteiger partial charge in [0.25, 0.3) is 0 Å². The van der Waals surface area contributed by atoms with E-state index in [0.29, 0.717) is 18.2 Å². The Balaban J connectivity index is 1.81. The molecule has 0 spiro atoms. The molecular formula is C15H20N4O2S. The van der Waals surface area contributed by atoms with E-state index in [-0.39, 0.29) is 23.9 Å². The summed E-state index contributed by atoms with van der Waals surface area (Å²) in [5, 5.41) is 3.34. The van der Waals surface area contributed by atoms with Crippen LogP contribution in [0.4, 0.5) is 0 Å². The summed E-state index contributed by atoms with van der Waals surface area (Å²) in [6.07, 6.45) is 3.54. The topological polar surface area (TPSA) is 65.5 Å². The first kappa shape index (κ1) is 15.3. The molecule has 2 unspecified atom stereocenters. The number of hydrogen-bond donors (Lipinski definition) is 1. The lowest BCUT2D eigenvalue weighted by Gasteiger charge is -2.39. The largest absolute Gasteiger partial charge is 0.331 e. The maximum atomic E-state index is 13.0. The first-order valence-electron chi connectivity index (χ1n) is 7.44. The van der Waals surface area contributed by atoms with Crippen molar-refractivity contribution in [3.63, 3.8) is 0 Å². The first-order chi connectivity index (χ1) is 10.7. The number of piperazine rings is 1. The second kappa shape index (κ2) is 6.66. The van der Waals surface area contributed by atoms with Gasteiger partial charge in [0.1, 0.15) is 6.04 Å². The molecule has 22 heavy (non-hydrogen) atoms. The lowest BCUT2D eigenvalue weighted by atomic mass is 10.0. The number of thioether (sulfide) groups is 1. The Morgan fingerprint density at radius 1 is 1.41 bits per heavy atom. The minimum absolute atomic E-state index is 0.0191. The van der Waals surface area contributed by atoms with Crippen LogP contribution in [0, 0.1) is 0 Å². The van der Waals surface area contributed by atoms with Crippen LogP contribution in [-0.2, 0) is 9.59 Å². The molecule has 118 valence electrons. The Morgan fingerprint density at radius 3 is 3.00 bits per heavy atom. The van der Waals surface area contributed by atoms with Crippen molar-refractivity contribution >= 4 is 23.6 Å². The third-order valence-electron chi connectivity index (χ3n) is 4.17. The van der Waals surface area contributed by atoms with Crippen molar-refractivity contribution < 1.29 is 9.59 Å². The molecule has 7 heteroatoms. The smallest absolute Gasteiger partial charge is 0.246 e. The van der Waals surface area contributed by atoms with E-state index in [2.05, 4.69) is 10.3 Å². The van der Waals surface area contributed by atoms with Gasteiger partial charge in [0.15, 0.2) is 0 Å². The van der Waals surface area contributed by atoms with Gasteiger partial charge in [-0.1, -0.05) is 6.07 Å². The highest BCUT2D eigenvalue weighted by Crippen LogP contribution is 2.27. The molecule has 1 aromatic heterocycles. The number of carbonyl (C=O) groups is 2. The molecule has 0 aliphatic carbocycles. The molecule has 2 aliphatic rings. The molecule has 1 aromatic rings. The lowest BCUT2D eigenvalue weighted by molar-refractivity contribution is -0.144. The number of rotatable bonds is 2. The molecule has 2 fully saturated rings. The number of amides is 2. The second-order valence-electron chi connectivity index (χ2n) is 5.54. The molecule has 3 rings (SSSR count). The van der Waals surface area contributed by atoms with Crippen LogP contribution in [0.2, 0.25) is 0 Å². The summed E-state index contributed by atoms with van der Waals surface area (Å²) < 4.78 is 0. The van der Waals surface area contributed by atoms with Crippen LogP contribution < -0.4 is 5.32 Å². The van der Waals surface area contributed by atoms with Gasteiger partial charge < -0.3 is 15.1 Å². The van der Waals surface area contributed by atoms with E-state index in [0.717, 1.165) is 18.7 Å². The van der Waals surface area contributed by atoms with E-state index in [1.807, 2.05) is 23.2 Å². The van der Waals surface area contributed by atoms with Crippen molar-refractivity contribution in [2.75, 3.05) is 31.3 Å². The van der Waals surface area contributed by atoms with Crippen LogP contribution in [0.3, 0.4) is 0 Å². The molecule has 0 bridgehead atoms. The molecule has 0 radical (unpaired) electrons. The predicted octanol–water partition coefficient (Wildman–Crippen LogP) is 0.476. The zero-order valence-electron chi connectivity index (χ0n) is 12.6. The van der Waals surface area contributed by atoms with Gasteiger partial charge in [0, 0.05) is 44.7 Å². The first-order valence-corrected chi connectivity index (χ1v) is 8.60. The minimum Gasteiger partial charge on any atom is -0.331 e. The number of nitrogens with one attached hydrogen (secondary N) is 1. The highest BCUT2D eigenvalue weighted by molar-refractivity contribution is 7.99. The van der Waals surface area contributed by atoms with Crippen LogP contribution in [0.15, 0.2) is 24.5 Å². The van der Waals surface area contributed by atoms with Gasteiger partial charge in [-0.2, -0.15) is 0 Å². The van der Waals surface area contributed by atoms with E-state index >= 15 is 0 Å². The summed E-state index contributed by atoms with van der Waals surface area (Å²) >= 11 is 1.64. The number of hydrogen-bond acceptors (Lipinski definition) is 5. The van der Waals surface area contributed by atoms with Crippen LogP contribution in [-0.4, -0.2) is 63.9 Å². The van der Waals surface area contributed by atoms with Crippen LogP contribution >= 0.6 is 11.8 Å². The van der Waals surface area contributed by atoms with Gasteiger partial charge in [0.2, 0.25) is 11.8 Å². The third kappa shape index (κ3) is 2.96. The van der Waals surface area contributed by atoms with E-state index < -0.39 is 0 Å². The summed E-state index contributed by atoms with van der Waals surface area (Å²) in [6.45, 7) is 3.69. The molecule has 2 saturated heterocycles. The fourth-order valence-corrected chi connectivity index (χ4v) is 4.20. The van der Waals surface area contributed by atoms with Crippen molar-refractivity contribution in [2.45, 2.75) is 19.0 Å². The van der Waals surface area contributed by atoms with Gasteiger partial charge in [-0.05, 0) is 11.6 Å². The maximum absolute atomic E-state index is 13.0. The average molecular weight is 320 g/mol. The van der Waals surface area contributed by atoms with Crippen LogP contribution in [0.1, 0.15) is 18.5 Å². The van der Waals surface area contributed by atoms with E-state index in [4.69, 9.17) is 0 Å². The quantitative estimate of drug-likeness (QED) is 0.858. The fourth-order valence-electron chi connectivity index (χ4n) is 2.99. The van der Waals surface area contributed by atoms with Crippen molar-refractivity contribution in [2.24, 2.45) is 0 Å². The lowest BCUT2D eigenvalue weighted by Crippen LogP contribution is -2.55. The molecule has 6 nitrogen and oxygen atoms in total. The van der Waals surface area contributed by atoms with Crippen molar-refractivity contribution in [1.29, 1.82) is 0 Å². The summed E-state index contributed by atoms with van der Waals surface area (Å²) in [6, 6.07) is 3.53.